The van der Waals surface area contributed by atoms with Crippen molar-refractivity contribution in [2.45, 2.75) is 19.4 Å². The van der Waals surface area contributed by atoms with Crippen LogP contribution in [0.4, 0.5) is 0 Å². The Balaban J connectivity index is 2.59. The third-order valence-electron chi connectivity index (χ3n) is 2.28. The number of nitriles is 1. The van der Waals surface area contributed by atoms with E-state index in [1.807, 2.05) is 25.1 Å². The van der Waals surface area contributed by atoms with Gasteiger partial charge in [-0.15, -0.1) is 0 Å². The second-order valence-electron chi connectivity index (χ2n) is 3.51. The Morgan fingerprint density at radius 1 is 1.56 bits per heavy atom. The zero-order valence-electron chi connectivity index (χ0n) is 9.46. The van der Waals surface area contributed by atoms with Crippen LogP contribution in [-0.2, 0) is 6.42 Å². The molecule has 0 fully saturated rings. The molecule has 1 atom stereocenters. The summed E-state index contributed by atoms with van der Waals surface area (Å²) in [5.74, 6) is 0.884. The summed E-state index contributed by atoms with van der Waals surface area (Å²) in [4.78, 5) is 0. The Kier molecular flexibility index (Phi) is 5.30. The molecular formula is C12H15BrN2O. The van der Waals surface area contributed by atoms with Crippen LogP contribution in [0.2, 0.25) is 0 Å². The summed E-state index contributed by atoms with van der Waals surface area (Å²) in [6, 6.07) is 7.96. The second kappa shape index (κ2) is 6.51. The van der Waals surface area contributed by atoms with Crippen LogP contribution in [0.25, 0.3) is 0 Å². The van der Waals surface area contributed by atoms with E-state index >= 15 is 0 Å². The van der Waals surface area contributed by atoms with Crippen LogP contribution < -0.4 is 10.1 Å². The van der Waals surface area contributed by atoms with Crippen LogP contribution in [0.5, 0.6) is 5.75 Å². The fourth-order valence-electron chi connectivity index (χ4n) is 1.41. The quantitative estimate of drug-likeness (QED) is 0.903. The molecule has 0 aromatic heterocycles. The molecule has 0 aliphatic heterocycles. The smallest absolute Gasteiger partial charge is 0.122 e. The van der Waals surface area contributed by atoms with Crippen molar-refractivity contribution >= 4 is 15.9 Å². The second-order valence-corrected chi connectivity index (χ2v) is 4.43. The normalized spacial score (nSPS) is 11.9. The minimum absolute atomic E-state index is 0.113. The van der Waals surface area contributed by atoms with Gasteiger partial charge in [-0.3, -0.25) is 0 Å². The predicted molar refractivity (Wildman–Crippen MR) is 67.5 cm³/mol. The molecule has 1 aromatic rings. The summed E-state index contributed by atoms with van der Waals surface area (Å²) in [7, 11) is 1.66. The SMILES string of the molecule is COc1ccc(Br)cc1CCNC(C)C#N. The molecular weight excluding hydrogens is 268 g/mol. The standard InChI is InChI=1S/C12H15BrN2O/c1-9(8-14)15-6-5-10-7-11(13)3-4-12(10)16-2/h3-4,7,9,15H,5-6H2,1-2H3. The fourth-order valence-corrected chi connectivity index (χ4v) is 1.82. The van der Waals surface area contributed by atoms with Gasteiger partial charge in [0.15, 0.2) is 0 Å². The lowest BCUT2D eigenvalue weighted by molar-refractivity contribution is 0.409. The highest BCUT2D eigenvalue weighted by Crippen LogP contribution is 2.23. The maximum absolute atomic E-state index is 8.63. The van der Waals surface area contributed by atoms with Gasteiger partial charge in [-0.25, -0.2) is 0 Å². The molecule has 0 aliphatic rings. The van der Waals surface area contributed by atoms with E-state index in [0.29, 0.717) is 0 Å². The summed E-state index contributed by atoms with van der Waals surface area (Å²) in [5, 5.41) is 11.8. The van der Waals surface area contributed by atoms with Gasteiger partial charge in [0.25, 0.3) is 0 Å². The van der Waals surface area contributed by atoms with Gasteiger partial charge in [-0.1, -0.05) is 15.9 Å². The molecule has 1 rings (SSSR count). The lowest BCUT2D eigenvalue weighted by Gasteiger charge is -2.10. The molecule has 0 saturated heterocycles. The van der Waals surface area contributed by atoms with Crippen molar-refractivity contribution in [1.29, 1.82) is 5.26 Å². The first-order valence-corrected chi connectivity index (χ1v) is 5.92. The molecule has 0 saturated carbocycles. The molecule has 0 heterocycles. The monoisotopic (exact) mass is 282 g/mol. The van der Waals surface area contributed by atoms with Crippen molar-refractivity contribution in [2.24, 2.45) is 0 Å². The van der Waals surface area contributed by atoms with Crippen molar-refractivity contribution in [3.05, 3.63) is 28.2 Å². The largest absolute Gasteiger partial charge is 0.496 e. The highest BCUT2D eigenvalue weighted by molar-refractivity contribution is 9.10. The third-order valence-corrected chi connectivity index (χ3v) is 2.77. The maximum Gasteiger partial charge on any atom is 0.122 e. The van der Waals surface area contributed by atoms with E-state index in [1.165, 1.54) is 0 Å². The van der Waals surface area contributed by atoms with Crippen LogP contribution in [0, 0.1) is 11.3 Å². The first kappa shape index (κ1) is 13.0. The minimum atomic E-state index is -0.113. The Morgan fingerprint density at radius 3 is 2.94 bits per heavy atom. The van der Waals surface area contributed by atoms with Gasteiger partial charge in [0, 0.05) is 11.0 Å². The van der Waals surface area contributed by atoms with Gasteiger partial charge < -0.3 is 10.1 Å². The van der Waals surface area contributed by atoms with Crippen LogP contribution in [0.1, 0.15) is 12.5 Å². The number of benzene rings is 1. The van der Waals surface area contributed by atoms with Gasteiger partial charge in [0.05, 0.1) is 19.2 Å². The highest BCUT2D eigenvalue weighted by atomic mass is 79.9. The number of hydrogen-bond acceptors (Lipinski definition) is 3. The van der Waals surface area contributed by atoms with Crippen molar-refractivity contribution in [3.63, 3.8) is 0 Å². The predicted octanol–water partition coefficient (Wildman–Crippen LogP) is 2.50. The van der Waals surface area contributed by atoms with Gasteiger partial charge in [-0.05, 0) is 37.1 Å². The van der Waals surface area contributed by atoms with E-state index in [-0.39, 0.29) is 6.04 Å². The molecule has 1 N–H and O–H groups in total. The molecule has 0 aliphatic carbocycles. The number of rotatable bonds is 5. The van der Waals surface area contributed by atoms with Crippen molar-refractivity contribution in [3.8, 4) is 11.8 Å². The Bertz CT molecular complexity index is 387. The molecule has 0 radical (unpaired) electrons. The zero-order valence-corrected chi connectivity index (χ0v) is 11.0. The molecule has 86 valence electrons. The van der Waals surface area contributed by atoms with Crippen LogP contribution >= 0.6 is 15.9 Å². The van der Waals surface area contributed by atoms with E-state index < -0.39 is 0 Å². The topological polar surface area (TPSA) is 45.0 Å². The van der Waals surface area contributed by atoms with Gasteiger partial charge in [0.1, 0.15) is 5.75 Å². The first-order valence-electron chi connectivity index (χ1n) is 5.12. The molecule has 16 heavy (non-hydrogen) atoms. The van der Waals surface area contributed by atoms with Gasteiger partial charge >= 0.3 is 0 Å². The maximum atomic E-state index is 8.63. The molecule has 0 bridgehead atoms. The van der Waals surface area contributed by atoms with Crippen LogP contribution in [-0.4, -0.2) is 19.7 Å². The molecule has 3 nitrogen and oxygen atoms in total. The van der Waals surface area contributed by atoms with Crippen molar-refractivity contribution in [1.82, 2.24) is 5.32 Å². The number of hydrogen-bond donors (Lipinski definition) is 1. The molecule has 1 aromatic carbocycles. The molecule has 1 unspecified atom stereocenters. The van der Waals surface area contributed by atoms with E-state index in [0.717, 1.165) is 28.8 Å². The fraction of sp³-hybridized carbons (Fsp3) is 0.417. The summed E-state index contributed by atoms with van der Waals surface area (Å²) in [6.45, 7) is 2.61. The number of nitrogens with zero attached hydrogens (tertiary/aromatic N) is 1. The molecule has 0 amide bonds. The number of methoxy groups -OCH3 is 1. The van der Waals surface area contributed by atoms with E-state index in [1.54, 1.807) is 7.11 Å². The third kappa shape index (κ3) is 3.84. The van der Waals surface area contributed by atoms with E-state index in [9.17, 15) is 0 Å². The Hall–Kier alpha value is -1.05. The van der Waals surface area contributed by atoms with Crippen molar-refractivity contribution in [2.75, 3.05) is 13.7 Å². The van der Waals surface area contributed by atoms with Gasteiger partial charge in [0.2, 0.25) is 0 Å². The molecule has 4 heteroatoms. The number of nitrogens with one attached hydrogen (secondary N) is 1. The van der Waals surface area contributed by atoms with E-state index in [4.69, 9.17) is 10.00 Å². The minimum Gasteiger partial charge on any atom is -0.496 e. The summed E-state index contributed by atoms with van der Waals surface area (Å²) in [5.41, 5.74) is 1.13. The average molecular weight is 283 g/mol. The molecule has 0 spiro atoms. The Morgan fingerprint density at radius 2 is 2.31 bits per heavy atom. The number of ether oxygens (including phenoxy) is 1. The van der Waals surface area contributed by atoms with Crippen LogP contribution in [0.15, 0.2) is 22.7 Å². The highest BCUT2D eigenvalue weighted by Gasteiger charge is 2.04. The van der Waals surface area contributed by atoms with E-state index in [2.05, 4.69) is 27.3 Å². The lowest BCUT2D eigenvalue weighted by atomic mass is 10.1. The zero-order chi connectivity index (χ0) is 12.0. The van der Waals surface area contributed by atoms with Crippen molar-refractivity contribution < 1.29 is 4.74 Å². The first-order chi connectivity index (χ1) is 7.67. The van der Waals surface area contributed by atoms with Gasteiger partial charge in [-0.2, -0.15) is 5.26 Å². The summed E-state index contributed by atoms with van der Waals surface area (Å²) < 4.78 is 6.31. The lowest BCUT2D eigenvalue weighted by Crippen LogP contribution is -2.26. The summed E-state index contributed by atoms with van der Waals surface area (Å²) in [6.07, 6.45) is 0.842. The number of halogens is 1. The Labute approximate surface area is 105 Å². The van der Waals surface area contributed by atoms with Crippen LogP contribution in [0.3, 0.4) is 0 Å². The summed E-state index contributed by atoms with van der Waals surface area (Å²) >= 11 is 3.43. The average Bonchev–Trinajstić information content (AvgIpc) is 2.29.